The second-order valence-corrected chi connectivity index (χ2v) is 4.43. The Hall–Kier alpha value is -0.610. The zero-order valence-electron chi connectivity index (χ0n) is 8.78. The van der Waals surface area contributed by atoms with Crippen molar-refractivity contribution in [3.05, 3.63) is 0 Å². The fraction of sp³-hybridized carbons (Fsp3) is 0.900. The molecule has 1 aliphatic heterocycles. The summed E-state index contributed by atoms with van der Waals surface area (Å²) in [6, 6.07) is 0.544. The lowest BCUT2D eigenvalue weighted by Gasteiger charge is -2.21. The van der Waals surface area contributed by atoms with Crippen LogP contribution >= 0.6 is 0 Å². The predicted octanol–water partition coefficient (Wildman–Crippen LogP) is -0.360. The monoisotopic (exact) mass is 197 g/mol. The van der Waals surface area contributed by atoms with Crippen LogP contribution in [0.1, 0.15) is 19.3 Å². The van der Waals surface area contributed by atoms with E-state index in [4.69, 9.17) is 5.73 Å². The van der Waals surface area contributed by atoms with Gasteiger partial charge in [-0.15, -0.1) is 0 Å². The molecular formula is C10H19N3O. The van der Waals surface area contributed by atoms with Gasteiger partial charge in [0.05, 0.1) is 6.04 Å². The molecule has 1 heterocycles. The molecule has 4 heteroatoms. The Balaban J connectivity index is 1.72. The van der Waals surface area contributed by atoms with Crippen LogP contribution in [0.25, 0.3) is 0 Å². The molecule has 0 bridgehead atoms. The molecule has 1 unspecified atom stereocenters. The summed E-state index contributed by atoms with van der Waals surface area (Å²) in [5.74, 6) is 0.134. The molecular weight excluding hydrogens is 178 g/mol. The molecule has 0 aromatic carbocycles. The molecule has 0 radical (unpaired) electrons. The number of nitrogens with zero attached hydrogens (tertiary/aromatic N) is 2. The number of likely N-dealkylation sites (N-methyl/N-ethyl adjacent to an activating group) is 1. The summed E-state index contributed by atoms with van der Waals surface area (Å²) in [5.41, 5.74) is 5.64. The van der Waals surface area contributed by atoms with Crippen LogP contribution in [-0.4, -0.2) is 54.5 Å². The first kappa shape index (κ1) is 9.93. The highest BCUT2D eigenvalue weighted by Gasteiger charge is 2.30. The average molecular weight is 197 g/mol. The molecule has 2 N–H and O–H groups in total. The van der Waals surface area contributed by atoms with Gasteiger partial charge in [-0.2, -0.15) is 0 Å². The van der Waals surface area contributed by atoms with Gasteiger partial charge < -0.3 is 15.5 Å². The zero-order valence-corrected chi connectivity index (χ0v) is 8.78. The first-order valence-corrected chi connectivity index (χ1v) is 5.43. The highest BCUT2D eigenvalue weighted by molar-refractivity contribution is 5.83. The van der Waals surface area contributed by atoms with Gasteiger partial charge in [0, 0.05) is 25.7 Å². The van der Waals surface area contributed by atoms with Gasteiger partial charge in [-0.25, -0.2) is 0 Å². The average Bonchev–Trinajstić information content (AvgIpc) is 2.95. The molecule has 0 aromatic heterocycles. The maximum absolute atomic E-state index is 11.5. The molecule has 14 heavy (non-hydrogen) atoms. The van der Waals surface area contributed by atoms with Crippen LogP contribution in [0.3, 0.4) is 0 Å². The van der Waals surface area contributed by atoms with Crippen molar-refractivity contribution >= 4 is 5.91 Å². The van der Waals surface area contributed by atoms with E-state index in [2.05, 4.69) is 11.9 Å². The number of likely N-dealkylation sites (tertiary alicyclic amines) is 1. The van der Waals surface area contributed by atoms with Crippen molar-refractivity contribution in [3.63, 3.8) is 0 Å². The number of nitrogens with two attached hydrogens (primary N) is 1. The van der Waals surface area contributed by atoms with Crippen molar-refractivity contribution in [3.8, 4) is 0 Å². The number of amides is 1. The third-order valence-electron chi connectivity index (χ3n) is 3.23. The second-order valence-electron chi connectivity index (χ2n) is 4.43. The fourth-order valence-electron chi connectivity index (χ4n) is 1.96. The molecule has 2 fully saturated rings. The van der Waals surface area contributed by atoms with Crippen molar-refractivity contribution < 1.29 is 4.79 Å². The Kier molecular flexibility index (Phi) is 2.74. The Labute approximate surface area is 85.0 Å². The minimum atomic E-state index is -0.235. The highest BCUT2D eigenvalue weighted by atomic mass is 16.2. The Morgan fingerprint density at radius 2 is 2.21 bits per heavy atom. The van der Waals surface area contributed by atoms with Gasteiger partial charge in [0.2, 0.25) is 5.91 Å². The number of carbonyl (C=O) groups is 1. The van der Waals surface area contributed by atoms with E-state index in [9.17, 15) is 4.79 Å². The summed E-state index contributed by atoms with van der Waals surface area (Å²) in [5, 5.41) is 0. The van der Waals surface area contributed by atoms with Gasteiger partial charge in [0.1, 0.15) is 0 Å². The summed E-state index contributed by atoms with van der Waals surface area (Å²) in [4.78, 5) is 15.7. The number of hydrogen-bond donors (Lipinski definition) is 1. The van der Waals surface area contributed by atoms with Gasteiger partial charge in [-0.05, 0) is 26.3 Å². The summed E-state index contributed by atoms with van der Waals surface area (Å²) in [7, 11) is 2.14. The molecule has 1 aliphatic carbocycles. The van der Waals surface area contributed by atoms with Crippen LogP contribution in [0.4, 0.5) is 0 Å². The van der Waals surface area contributed by atoms with Crippen LogP contribution in [-0.2, 0) is 4.79 Å². The van der Waals surface area contributed by atoms with E-state index in [1.54, 1.807) is 0 Å². The Morgan fingerprint density at radius 1 is 1.50 bits per heavy atom. The van der Waals surface area contributed by atoms with Gasteiger partial charge in [0.15, 0.2) is 0 Å². The molecule has 0 spiro atoms. The standard InChI is InChI=1S/C10H19N3O/c1-12(8-2-3-8)6-7-13-5-4-9(11)10(13)14/h8-9H,2-7,11H2,1H3. The van der Waals surface area contributed by atoms with Crippen molar-refractivity contribution in [2.75, 3.05) is 26.7 Å². The lowest BCUT2D eigenvalue weighted by Crippen LogP contribution is -2.38. The van der Waals surface area contributed by atoms with E-state index in [0.717, 1.165) is 32.1 Å². The highest BCUT2D eigenvalue weighted by Crippen LogP contribution is 2.25. The van der Waals surface area contributed by atoms with Crippen molar-refractivity contribution in [1.82, 2.24) is 9.80 Å². The van der Waals surface area contributed by atoms with Crippen LogP contribution in [0.5, 0.6) is 0 Å². The minimum absolute atomic E-state index is 0.134. The summed E-state index contributed by atoms with van der Waals surface area (Å²) in [6.07, 6.45) is 3.47. The number of rotatable bonds is 4. The van der Waals surface area contributed by atoms with Crippen molar-refractivity contribution in [1.29, 1.82) is 0 Å². The summed E-state index contributed by atoms with van der Waals surface area (Å²) in [6.45, 7) is 2.68. The van der Waals surface area contributed by atoms with E-state index in [0.29, 0.717) is 0 Å². The van der Waals surface area contributed by atoms with E-state index in [1.807, 2.05) is 4.90 Å². The Bertz CT molecular complexity index is 227. The van der Waals surface area contributed by atoms with E-state index in [-0.39, 0.29) is 11.9 Å². The normalized spacial score (nSPS) is 27.8. The van der Waals surface area contributed by atoms with Crippen LogP contribution < -0.4 is 5.73 Å². The van der Waals surface area contributed by atoms with Crippen LogP contribution in [0.2, 0.25) is 0 Å². The molecule has 1 atom stereocenters. The second kappa shape index (κ2) is 3.87. The minimum Gasteiger partial charge on any atom is -0.340 e. The van der Waals surface area contributed by atoms with E-state index < -0.39 is 0 Å². The predicted molar refractivity (Wildman–Crippen MR) is 54.8 cm³/mol. The van der Waals surface area contributed by atoms with Gasteiger partial charge in [-0.1, -0.05) is 0 Å². The molecule has 80 valence electrons. The molecule has 2 rings (SSSR count). The Morgan fingerprint density at radius 3 is 2.71 bits per heavy atom. The number of carbonyl (C=O) groups excluding carboxylic acids is 1. The quantitative estimate of drug-likeness (QED) is 0.669. The molecule has 1 saturated heterocycles. The maximum Gasteiger partial charge on any atom is 0.239 e. The van der Waals surface area contributed by atoms with E-state index in [1.165, 1.54) is 12.8 Å². The van der Waals surface area contributed by atoms with Crippen LogP contribution in [0, 0.1) is 0 Å². The third-order valence-corrected chi connectivity index (χ3v) is 3.23. The molecule has 4 nitrogen and oxygen atoms in total. The molecule has 1 saturated carbocycles. The lowest BCUT2D eigenvalue weighted by molar-refractivity contribution is -0.128. The molecule has 2 aliphatic rings. The summed E-state index contributed by atoms with van der Waals surface area (Å²) >= 11 is 0. The molecule has 0 aromatic rings. The van der Waals surface area contributed by atoms with E-state index >= 15 is 0 Å². The molecule has 1 amide bonds. The third kappa shape index (κ3) is 2.07. The van der Waals surface area contributed by atoms with Crippen molar-refractivity contribution in [2.45, 2.75) is 31.3 Å². The maximum atomic E-state index is 11.5. The van der Waals surface area contributed by atoms with Gasteiger partial charge >= 0.3 is 0 Å². The summed E-state index contributed by atoms with van der Waals surface area (Å²) < 4.78 is 0. The largest absolute Gasteiger partial charge is 0.340 e. The smallest absolute Gasteiger partial charge is 0.239 e. The zero-order chi connectivity index (χ0) is 10.1. The van der Waals surface area contributed by atoms with Crippen LogP contribution in [0.15, 0.2) is 0 Å². The van der Waals surface area contributed by atoms with Crippen molar-refractivity contribution in [2.24, 2.45) is 5.73 Å². The van der Waals surface area contributed by atoms with Gasteiger partial charge in [-0.3, -0.25) is 4.79 Å². The first-order valence-electron chi connectivity index (χ1n) is 5.43. The lowest BCUT2D eigenvalue weighted by atomic mass is 10.3. The first-order chi connectivity index (χ1) is 6.68. The fourth-order valence-corrected chi connectivity index (χ4v) is 1.96. The van der Waals surface area contributed by atoms with Gasteiger partial charge in [0.25, 0.3) is 0 Å². The topological polar surface area (TPSA) is 49.6 Å². The SMILES string of the molecule is CN(CCN1CCC(N)C1=O)C1CC1. The number of hydrogen-bond acceptors (Lipinski definition) is 3.